The Labute approximate surface area is 183 Å². The Morgan fingerprint density at radius 1 is 1.00 bits per heavy atom. The number of sulfone groups is 1. The molecule has 31 heavy (non-hydrogen) atoms. The first-order chi connectivity index (χ1) is 14.8. The molecule has 0 fully saturated rings. The number of anilines is 2. The number of rotatable bonds is 4. The van der Waals surface area contributed by atoms with E-state index in [0.29, 0.717) is 11.4 Å². The van der Waals surface area contributed by atoms with Crippen LogP contribution in [-0.2, 0) is 9.84 Å². The Balaban J connectivity index is 1.74. The number of benzene rings is 2. The van der Waals surface area contributed by atoms with Crippen molar-refractivity contribution in [3.8, 4) is 0 Å². The fourth-order valence-corrected chi connectivity index (χ4v) is 5.92. The highest BCUT2D eigenvalue weighted by Gasteiger charge is 2.28. The smallest absolute Gasteiger partial charge is 0.229 e. The summed E-state index contributed by atoms with van der Waals surface area (Å²) in [6, 6.07) is 15.1. The minimum atomic E-state index is -3.90. The van der Waals surface area contributed by atoms with E-state index < -0.39 is 9.84 Å². The van der Waals surface area contributed by atoms with Crippen molar-refractivity contribution < 1.29 is 8.42 Å². The molecule has 9 heteroatoms. The normalized spacial score (nSPS) is 12.0. The molecule has 5 rings (SSSR count). The van der Waals surface area contributed by atoms with Crippen LogP contribution < -0.4 is 5.32 Å². The van der Waals surface area contributed by atoms with Crippen LogP contribution in [0.15, 0.2) is 63.8 Å². The third-order valence-electron chi connectivity index (χ3n) is 5.09. The van der Waals surface area contributed by atoms with Crippen molar-refractivity contribution in [3.05, 3.63) is 70.6 Å². The van der Waals surface area contributed by atoms with Crippen LogP contribution in [0.2, 0.25) is 0 Å². The van der Waals surface area contributed by atoms with Gasteiger partial charge in [0.05, 0.1) is 15.1 Å². The summed E-state index contributed by atoms with van der Waals surface area (Å²) in [6.07, 6.45) is 0. The molecule has 0 aliphatic carbocycles. The molecule has 2 aromatic carbocycles. The van der Waals surface area contributed by atoms with Gasteiger partial charge in [0.15, 0.2) is 11.5 Å². The lowest BCUT2D eigenvalue weighted by molar-refractivity contribution is 0.592. The maximum Gasteiger partial charge on any atom is 0.229 e. The van der Waals surface area contributed by atoms with Crippen molar-refractivity contribution in [2.75, 3.05) is 5.32 Å². The van der Waals surface area contributed by atoms with Gasteiger partial charge in [-0.15, -0.1) is 16.4 Å². The largest absolute Gasteiger partial charge is 0.339 e. The van der Waals surface area contributed by atoms with E-state index in [4.69, 9.17) is 0 Å². The second-order valence-corrected chi connectivity index (χ2v) is 10.2. The molecule has 0 aliphatic rings. The number of hydrogen-bond donors (Lipinski definition) is 1. The van der Waals surface area contributed by atoms with Crippen LogP contribution in [0, 0.1) is 20.8 Å². The molecule has 0 saturated heterocycles. The van der Waals surface area contributed by atoms with E-state index in [1.54, 1.807) is 19.1 Å². The molecule has 0 saturated carbocycles. The lowest BCUT2D eigenvalue weighted by Crippen LogP contribution is -2.07. The van der Waals surface area contributed by atoms with E-state index >= 15 is 0 Å². The van der Waals surface area contributed by atoms with Gasteiger partial charge in [-0.1, -0.05) is 29.5 Å². The molecule has 0 spiro atoms. The van der Waals surface area contributed by atoms with Crippen molar-refractivity contribution >= 4 is 48.5 Å². The van der Waals surface area contributed by atoms with Crippen molar-refractivity contribution in [3.63, 3.8) is 0 Å². The molecule has 0 aliphatic heterocycles. The van der Waals surface area contributed by atoms with Crippen LogP contribution in [-0.4, -0.2) is 28.2 Å². The van der Waals surface area contributed by atoms with Gasteiger partial charge in [0.1, 0.15) is 0 Å². The van der Waals surface area contributed by atoms with E-state index in [2.05, 4.69) is 20.6 Å². The number of hydrogen-bond acceptors (Lipinski definition) is 7. The van der Waals surface area contributed by atoms with Crippen molar-refractivity contribution in [1.29, 1.82) is 0 Å². The summed E-state index contributed by atoms with van der Waals surface area (Å²) in [7, 11) is -3.90. The molecule has 1 N–H and O–H groups in total. The molecule has 5 aromatic rings. The highest BCUT2D eigenvalue weighted by molar-refractivity contribution is 7.91. The summed E-state index contributed by atoms with van der Waals surface area (Å²) in [6.45, 7) is 5.64. The number of aryl methyl sites for hydroxylation is 3. The lowest BCUT2D eigenvalue weighted by Gasteiger charge is -2.09. The number of nitrogens with zero attached hydrogens (tertiary/aromatic N) is 4. The molecule has 0 unspecified atom stereocenters. The summed E-state index contributed by atoms with van der Waals surface area (Å²) in [5.41, 5.74) is 4.44. The minimum Gasteiger partial charge on any atom is -0.339 e. The molecule has 3 aromatic heterocycles. The number of thiophene rings is 1. The standard InChI is InChI=1S/C22H19N5O2S2/c1-13-5-4-6-16(11-13)23-20-19-17(9-10-30-19)27-21(24-20)22(25-26-27)31(28,29)18-12-14(2)7-8-15(18)3/h4-12H,1-3H3,(H,23,24). The van der Waals surface area contributed by atoms with Crippen LogP contribution in [0.5, 0.6) is 0 Å². The van der Waals surface area contributed by atoms with Crippen molar-refractivity contribution in [2.24, 2.45) is 0 Å². The van der Waals surface area contributed by atoms with E-state index in [-0.39, 0.29) is 15.6 Å². The second kappa shape index (κ2) is 7.14. The van der Waals surface area contributed by atoms with E-state index in [1.165, 1.54) is 15.9 Å². The first-order valence-electron chi connectivity index (χ1n) is 9.63. The molecule has 0 radical (unpaired) electrons. The van der Waals surface area contributed by atoms with Crippen LogP contribution in [0.4, 0.5) is 11.5 Å². The van der Waals surface area contributed by atoms with Crippen LogP contribution in [0.3, 0.4) is 0 Å². The SMILES string of the molecule is Cc1cccc(Nc2nc3c(S(=O)(=O)c4cc(C)ccc4C)nnn3c3ccsc23)c1. The molecule has 7 nitrogen and oxygen atoms in total. The van der Waals surface area contributed by atoms with Gasteiger partial charge in [0.2, 0.25) is 14.9 Å². The zero-order valence-corrected chi connectivity index (χ0v) is 18.8. The van der Waals surface area contributed by atoms with Gasteiger partial charge in [-0.2, -0.15) is 4.52 Å². The van der Waals surface area contributed by atoms with E-state index in [1.807, 2.05) is 55.6 Å². The van der Waals surface area contributed by atoms with Gasteiger partial charge in [-0.05, 0) is 67.1 Å². The topological polar surface area (TPSA) is 89.2 Å². The predicted octanol–water partition coefficient (Wildman–Crippen LogP) is 4.84. The van der Waals surface area contributed by atoms with Gasteiger partial charge in [-0.3, -0.25) is 0 Å². The maximum atomic E-state index is 13.5. The van der Waals surface area contributed by atoms with E-state index in [9.17, 15) is 8.42 Å². The Hall–Kier alpha value is -3.30. The molecule has 0 amide bonds. The summed E-state index contributed by atoms with van der Waals surface area (Å²) >= 11 is 1.51. The van der Waals surface area contributed by atoms with Crippen LogP contribution in [0.25, 0.3) is 15.9 Å². The van der Waals surface area contributed by atoms with Crippen LogP contribution >= 0.6 is 11.3 Å². The van der Waals surface area contributed by atoms with Gasteiger partial charge < -0.3 is 5.32 Å². The lowest BCUT2D eigenvalue weighted by atomic mass is 10.2. The van der Waals surface area contributed by atoms with Crippen molar-refractivity contribution in [1.82, 2.24) is 19.8 Å². The zero-order valence-electron chi connectivity index (χ0n) is 17.1. The number of nitrogens with one attached hydrogen (secondary N) is 1. The fraction of sp³-hybridized carbons (Fsp3) is 0.136. The molecule has 156 valence electrons. The highest BCUT2D eigenvalue weighted by Crippen LogP contribution is 2.33. The Morgan fingerprint density at radius 3 is 2.61 bits per heavy atom. The molecule has 0 bridgehead atoms. The molecular formula is C22H19N5O2S2. The number of fused-ring (bicyclic) bond motifs is 3. The number of aromatic nitrogens is 4. The Bertz CT molecular complexity index is 1570. The first-order valence-corrected chi connectivity index (χ1v) is 12.0. The van der Waals surface area contributed by atoms with Gasteiger partial charge in [0.25, 0.3) is 0 Å². The van der Waals surface area contributed by atoms with Gasteiger partial charge >= 0.3 is 0 Å². The third kappa shape index (κ3) is 3.26. The summed E-state index contributed by atoms with van der Waals surface area (Å²) < 4.78 is 29.4. The quantitative estimate of drug-likeness (QED) is 0.422. The first kappa shape index (κ1) is 19.7. The molecule has 3 heterocycles. The van der Waals surface area contributed by atoms with Crippen LogP contribution in [0.1, 0.15) is 16.7 Å². The van der Waals surface area contributed by atoms with Gasteiger partial charge in [-0.25, -0.2) is 13.4 Å². The third-order valence-corrected chi connectivity index (χ3v) is 7.79. The summed E-state index contributed by atoms with van der Waals surface area (Å²) in [5, 5.41) is 13.3. The summed E-state index contributed by atoms with van der Waals surface area (Å²) in [5.74, 6) is 0.572. The minimum absolute atomic E-state index is 0.151. The van der Waals surface area contributed by atoms with Gasteiger partial charge in [0, 0.05) is 5.69 Å². The molecular weight excluding hydrogens is 430 g/mol. The monoisotopic (exact) mass is 449 g/mol. The zero-order chi connectivity index (χ0) is 21.8. The van der Waals surface area contributed by atoms with Crippen molar-refractivity contribution in [2.45, 2.75) is 30.7 Å². The summed E-state index contributed by atoms with van der Waals surface area (Å²) in [4.78, 5) is 4.88. The predicted molar refractivity (Wildman–Crippen MR) is 122 cm³/mol. The Kier molecular flexibility index (Phi) is 4.53. The molecule has 0 atom stereocenters. The highest BCUT2D eigenvalue weighted by atomic mass is 32.2. The fourth-order valence-electron chi connectivity index (χ4n) is 3.54. The average molecular weight is 450 g/mol. The second-order valence-electron chi connectivity index (χ2n) is 7.49. The Morgan fingerprint density at radius 2 is 1.81 bits per heavy atom. The maximum absolute atomic E-state index is 13.5. The average Bonchev–Trinajstić information content (AvgIpc) is 3.37. The van der Waals surface area contributed by atoms with E-state index in [0.717, 1.165) is 27.0 Å².